The SMILES string of the molecule is O=C(O)[C@H]1[C@H](C(=O)Nc2ccc(Br)nc2)[C@@H]2CC[C@H]1C21CC1CCN1CCNCC1. The van der Waals surface area contributed by atoms with Crippen LogP contribution in [0.15, 0.2) is 22.9 Å². The number of carboxylic acid groups (broad SMARTS) is 1. The second-order valence-corrected chi connectivity index (χ2v) is 10.2. The predicted molar refractivity (Wildman–Crippen MR) is 116 cm³/mol. The lowest BCUT2D eigenvalue weighted by Gasteiger charge is -2.27. The van der Waals surface area contributed by atoms with E-state index in [0.717, 1.165) is 58.4 Å². The number of nitrogens with one attached hydrogen (secondary N) is 2. The number of carbonyl (C=O) groups excluding carboxylic acids is 1. The highest BCUT2D eigenvalue weighted by atomic mass is 79.9. The monoisotopic (exact) mass is 476 g/mol. The van der Waals surface area contributed by atoms with E-state index in [1.807, 2.05) is 0 Å². The van der Waals surface area contributed by atoms with Crippen molar-refractivity contribution >= 4 is 33.5 Å². The fourth-order valence-electron chi connectivity index (χ4n) is 6.97. The van der Waals surface area contributed by atoms with Gasteiger partial charge in [-0.05, 0) is 83.5 Å². The molecule has 2 bridgehead atoms. The van der Waals surface area contributed by atoms with Crippen LogP contribution in [0.1, 0.15) is 25.7 Å². The van der Waals surface area contributed by atoms with Gasteiger partial charge in [0.25, 0.3) is 0 Å². The molecule has 1 aliphatic heterocycles. The van der Waals surface area contributed by atoms with Crippen LogP contribution in [0.2, 0.25) is 0 Å². The second kappa shape index (κ2) is 7.88. The van der Waals surface area contributed by atoms with E-state index in [-0.39, 0.29) is 23.2 Å². The number of hydrogen-bond donors (Lipinski definition) is 3. The van der Waals surface area contributed by atoms with Gasteiger partial charge in [-0.1, -0.05) is 0 Å². The van der Waals surface area contributed by atoms with Crippen LogP contribution < -0.4 is 10.6 Å². The lowest BCUT2D eigenvalue weighted by Crippen LogP contribution is -2.43. The number of nitrogens with zero attached hydrogens (tertiary/aromatic N) is 2. The summed E-state index contributed by atoms with van der Waals surface area (Å²) in [6.45, 7) is 5.38. The van der Waals surface area contributed by atoms with Gasteiger partial charge in [0.05, 0.1) is 23.7 Å². The Labute approximate surface area is 185 Å². The predicted octanol–water partition coefficient (Wildman–Crippen LogP) is 2.44. The van der Waals surface area contributed by atoms with Gasteiger partial charge in [0.2, 0.25) is 5.91 Å². The number of carbonyl (C=O) groups is 2. The Kier molecular flexibility index (Phi) is 5.35. The van der Waals surface area contributed by atoms with E-state index in [9.17, 15) is 14.7 Å². The molecule has 7 nitrogen and oxygen atoms in total. The molecule has 30 heavy (non-hydrogen) atoms. The number of anilines is 1. The van der Waals surface area contributed by atoms with Gasteiger partial charge in [-0.15, -0.1) is 0 Å². The van der Waals surface area contributed by atoms with Crippen LogP contribution >= 0.6 is 15.9 Å². The van der Waals surface area contributed by atoms with Gasteiger partial charge in [0.1, 0.15) is 4.60 Å². The molecule has 4 fully saturated rings. The summed E-state index contributed by atoms with van der Waals surface area (Å²) in [5, 5.41) is 16.4. The van der Waals surface area contributed by atoms with E-state index < -0.39 is 17.8 Å². The Balaban J connectivity index is 1.30. The van der Waals surface area contributed by atoms with E-state index in [2.05, 4.69) is 36.4 Å². The van der Waals surface area contributed by atoms with Gasteiger partial charge in [0, 0.05) is 26.2 Å². The molecule has 5 rings (SSSR count). The van der Waals surface area contributed by atoms with Crippen molar-refractivity contribution in [2.24, 2.45) is 35.0 Å². The molecule has 1 saturated heterocycles. The van der Waals surface area contributed by atoms with Gasteiger partial charge in [-0.25, -0.2) is 4.98 Å². The van der Waals surface area contributed by atoms with Crippen molar-refractivity contribution in [2.75, 3.05) is 38.0 Å². The largest absolute Gasteiger partial charge is 0.481 e. The lowest BCUT2D eigenvalue weighted by molar-refractivity contribution is -0.148. The first kappa shape index (κ1) is 20.4. The van der Waals surface area contributed by atoms with Gasteiger partial charge < -0.3 is 20.6 Å². The Bertz CT molecular complexity index is 828. The Morgan fingerprint density at radius 3 is 2.63 bits per heavy atom. The number of pyridine rings is 1. The van der Waals surface area contributed by atoms with Crippen LogP contribution in [-0.4, -0.2) is 59.6 Å². The van der Waals surface area contributed by atoms with Crippen LogP contribution in [0.5, 0.6) is 0 Å². The molecule has 1 aromatic rings. The molecule has 0 aromatic carbocycles. The number of aliphatic carboxylic acids is 1. The van der Waals surface area contributed by atoms with Crippen molar-refractivity contribution in [1.82, 2.24) is 15.2 Å². The topological polar surface area (TPSA) is 94.6 Å². The molecule has 162 valence electrons. The number of halogens is 1. The van der Waals surface area contributed by atoms with Gasteiger partial charge >= 0.3 is 5.97 Å². The maximum absolute atomic E-state index is 13.2. The number of carboxylic acids is 1. The lowest BCUT2D eigenvalue weighted by atomic mass is 9.78. The molecule has 2 heterocycles. The highest BCUT2D eigenvalue weighted by Gasteiger charge is 2.75. The van der Waals surface area contributed by atoms with Crippen molar-refractivity contribution in [1.29, 1.82) is 0 Å². The molecule has 6 atom stereocenters. The molecule has 1 spiro atoms. The zero-order valence-corrected chi connectivity index (χ0v) is 18.6. The molecule has 0 radical (unpaired) electrons. The molecule has 2 unspecified atom stereocenters. The molecule has 4 aliphatic rings. The normalized spacial score (nSPS) is 37.4. The first-order chi connectivity index (χ1) is 14.5. The standard InChI is InChI=1S/C22H29BrN4O3/c23-17-4-1-14(12-25-17)26-20(28)18-15-2-3-16(19(18)21(29)30)22(15)11-13(22)5-8-27-9-6-24-7-10-27/h1,4,12-13,15-16,18-19,24H,2-3,5-11H2,(H,26,28)(H,29,30)/t13?,15-,16+,18+,19+,22?/m0/s1. The summed E-state index contributed by atoms with van der Waals surface area (Å²) >= 11 is 3.30. The third-order valence-corrected chi connectivity index (χ3v) is 8.68. The Morgan fingerprint density at radius 1 is 1.23 bits per heavy atom. The summed E-state index contributed by atoms with van der Waals surface area (Å²) in [4.78, 5) is 32.1. The first-order valence-electron chi connectivity index (χ1n) is 11.1. The summed E-state index contributed by atoms with van der Waals surface area (Å²) in [5.41, 5.74) is 0.701. The molecular formula is C22H29BrN4O3. The summed E-state index contributed by atoms with van der Waals surface area (Å²) in [6, 6.07) is 3.57. The number of aromatic nitrogens is 1. The fraction of sp³-hybridized carbons (Fsp3) is 0.682. The third kappa shape index (κ3) is 3.37. The number of hydrogen-bond acceptors (Lipinski definition) is 5. The van der Waals surface area contributed by atoms with Crippen LogP contribution in [0.25, 0.3) is 0 Å². The number of piperazine rings is 1. The molecular weight excluding hydrogens is 448 g/mol. The number of amides is 1. The van der Waals surface area contributed by atoms with Crippen molar-refractivity contribution in [3.8, 4) is 0 Å². The van der Waals surface area contributed by atoms with E-state index in [0.29, 0.717) is 16.2 Å². The Morgan fingerprint density at radius 2 is 1.97 bits per heavy atom. The average molecular weight is 477 g/mol. The van der Waals surface area contributed by atoms with Crippen LogP contribution in [0.4, 0.5) is 5.69 Å². The van der Waals surface area contributed by atoms with Crippen molar-refractivity contribution in [2.45, 2.75) is 25.7 Å². The fourth-order valence-corrected chi connectivity index (χ4v) is 7.20. The van der Waals surface area contributed by atoms with Crippen molar-refractivity contribution < 1.29 is 14.7 Å². The van der Waals surface area contributed by atoms with Gasteiger partial charge in [-0.3, -0.25) is 9.59 Å². The van der Waals surface area contributed by atoms with E-state index in [4.69, 9.17) is 0 Å². The first-order valence-corrected chi connectivity index (χ1v) is 11.9. The maximum Gasteiger partial charge on any atom is 0.307 e. The quantitative estimate of drug-likeness (QED) is 0.545. The zero-order chi connectivity index (χ0) is 20.9. The van der Waals surface area contributed by atoms with Crippen LogP contribution in [-0.2, 0) is 9.59 Å². The smallest absolute Gasteiger partial charge is 0.307 e. The summed E-state index contributed by atoms with van der Waals surface area (Å²) in [6.07, 6.45) is 5.77. The van der Waals surface area contributed by atoms with Gasteiger partial charge in [0.15, 0.2) is 0 Å². The summed E-state index contributed by atoms with van der Waals surface area (Å²) in [7, 11) is 0. The molecule has 3 aliphatic carbocycles. The van der Waals surface area contributed by atoms with Crippen molar-refractivity contribution in [3.63, 3.8) is 0 Å². The van der Waals surface area contributed by atoms with Crippen LogP contribution in [0, 0.1) is 35.0 Å². The third-order valence-electron chi connectivity index (χ3n) is 8.21. The van der Waals surface area contributed by atoms with E-state index in [1.54, 1.807) is 18.3 Å². The Hall–Kier alpha value is -1.51. The minimum Gasteiger partial charge on any atom is -0.481 e. The highest BCUT2D eigenvalue weighted by Crippen LogP contribution is 2.78. The summed E-state index contributed by atoms with van der Waals surface area (Å²) in [5.74, 6) is -1.04. The minimum absolute atomic E-state index is 0.0804. The van der Waals surface area contributed by atoms with Crippen molar-refractivity contribution in [3.05, 3.63) is 22.9 Å². The molecule has 1 aromatic heterocycles. The minimum atomic E-state index is -0.802. The highest BCUT2D eigenvalue weighted by molar-refractivity contribution is 9.10. The second-order valence-electron chi connectivity index (χ2n) is 9.43. The summed E-state index contributed by atoms with van der Waals surface area (Å²) < 4.78 is 0.702. The zero-order valence-electron chi connectivity index (χ0n) is 17.0. The number of rotatable bonds is 6. The van der Waals surface area contributed by atoms with Crippen LogP contribution in [0.3, 0.4) is 0 Å². The average Bonchev–Trinajstić information content (AvgIpc) is 3.28. The maximum atomic E-state index is 13.2. The van der Waals surface area contributed by atoms with Gasteiger partial charge in [-0.2, -0.15) is 0 Å². The molecule has 3 N–H and O–H groups in total. The molecule has 1 amide bonds. The molecule has 3 saturated carbocycles. The van der Waals surface area contributed by atoms with E-state index in [1.165, 1.54) is 0 Å². The molecule has 8 heteroatoms. The van der Waals surface area contributed by atoms with E-state index >= 15 is 0 Å².